The van der Waals surface area contributed by atoms with E-state index in [1.165, 1.54) is 83.5 Å². The highest BCUT2D eigenvalue weighted by Gasteiger charge is 2.48. The van der Waals surface area contributed by atoms with Gasteiger partial charge in [0.15, 0.2) is 11.0 Å². The van der Waals surface area contributed by atoms with Crippen LogP contribution in [0.4, 0.5) is 0 Å². The van der Waals surface area contributed by atoms with Crippen molar-refractivity contribution in [2.75, 3.05) is 0 Å². The van der Waals surface area contributed by atoms with E-state index in [9.17, 15) is 4.57 Å². The Balaban J connectivity index is 1.54. The molecule has 4 unspecified atom stereocenters. The minimum atomic E-state index is -1.25. The van der Waals surface area contributed by atoms with Crippen LogP contribution in [0, 0.1) is 5.92 Å². The molecule has 3 saturated carbocycles. The molecule has 0 spiro atoms. The van der Waals surface area contributed by atoms with Gasteiger partial charge in [-0.1, -0.05) is 76.1 Å². The Morgan fingerprint density at radius 2 is 1.36 bits per heavy atom. The van der Waals surface area contributed by atoms with Crippen LogP contribution in [0.5, 0.6) is 0 Å². The Hall–Kier alpha value is -0.250. The maximum Gasteiger partial charge on any atom is 0.380 e. The molecule has 0 heterocycles. The average molecular weight is 418 g/mol. The van der Waals surface area contributed by atoms with Gasteiger partial charge in [-0.05, 0) is 74.1 Å². The van der Waals surface area contributed by atoms with Crippen LogP contribution in [0.15, 0.2) is 30.3 Å². The van der Waals surface area contributed by atoms with Crippen LogP contribution in [-0.4, -0.2) is 22.6 Å². The molecule has 0 bridgehead atoms. The van der Waals surface area contributed by atoms with Crippen molar-refractivity contribution < 1.29 is 4.57 Å². The lowest BCUT2D eigenvalue weighted by Gasteiger charge is -2.44. The third-order valence-corrected chi connectivity index (χ3v) is 14.0. The van der Waals surface area contributed by atoms with E-state index in [-0.39, 0.29) is 7.92 Å². The first kappa shape index (κ1) is 21.0. The van der Waals surface area contributed by atoms with Crippen molar-refractivity contribution in [3.63, 3.8) is 0 Å². The zero-order valence-electron chi connectivity index (χ0n) is 17.8. The number of rotatable bonds is 6. The molecule has 0 amide bonds. The first-order valence-corrected chi connectivity index (χ1v) is 14.9. The molecule has 28 heavy (non-hydrogen) atoms. The van der Waals surface area contributed by atoms with Crippen LogP contribution in [0.2, 0.25) is 0 Å². The summed E-state index contributed by atoms with van der Waals surface area (Å²) in [5.41, 5.74) is 3.27. The summed E-state index contributed by atoms with van der Waals surface area (Å²) in [6, 6.07) is 10.4. The van der Waals surface area contributed by atoms with Crippen LogP contribution in [-0.2, 0) is 4.57 Å². The standard InChI is InChI=1S/C25H39OP2/c1-20(24-18-11-19-25(24)28(26)23-16-9-4-10-17-23)27(21-12-5-2-6-13-21)22-14-7-3-8-15-22/h4,9-10,16-17,20-22,24-25H,2-3,5-8,11-15,18-19H2,1H3/q+1. The zero-order valence-corrected chi connectivity index (χ0v) is 19.6. The van der Waals surface area contributed by atoms with Gasteiger partial charge in [-0.3, -0.25) is 0 Å². The van der Waals surface area contributed by atoms with Gasteiger partial charge < -0.3 is 0 Å². The van der Waals surface area contributed by atoms with Crippen LogP contribution >= 0.6 is 15.7 Å². The Labute approximate surface area is 175 Å². The van der Waals surface area contributed by atoms with Crippen molar-refractivity contribution in [3.8, 4) is 0 Å². The Bertz CT molecular complexity index is 601. The van der Waals surface area contributed by atoms with Crippen LogP contribution in [0.3, 0.4) is 0 Å². The quantitative estimate of drug-likeness (QED) is 0.431. The van der Waals surface area contributed by atoms with Gasteiger partial charge in [0.2, 0.25) is 0 Å². The van der Waals surface area contributed by atoms with Gasteiger partial charge in [-0.2, -0.15) is 0 Å². The Morgan fingerprint density at radius 3 is 1.93 bits per heavy atom. The second kappa shape index (κ2) is 10.2. The van der Waals surface area contributed by atoms with Gasteiger partial charge in [0.1, 0.15) is 0 Å². The van der Waals surface area contributed by atoms with Gasteiger partial charge in [-0.25, -0.2) is 0 Å². The number of hydrogen-bond acceptors (Lipinski definition) is 1. The Kier molecular flexibility index (Phi) is 7.63. The Morgan fingerprint density at radius 1 is 0.786 bits per heavy atom. The molecule has 1 nitrogen and oxygen atoms in total. The highest BCUT2D eigenvalue weighted by molar-refractivity contribution is 7.60. The summed E-state index contributed by atoms with van der Waals surface area (Å²) in [4.78, 5) is 0. The molecule has 0 N–H and O–H groups in total. The molecule has 0 aromatic heterocycles. The van der Waals surface area contributed by atoms with Crippen molar-refractivity contribution in [1.29, 1.82) is 0 Å². The predicted molar refractivity (Wildman–Crippen MR) is 125 cm³/mol. The molecule has 3 aliphatic carbocycles. The lowest BCUT2D eigenvalue weighted by Crippen LogP contribution is -2.32. The molecular weight excluding hydrogens is 378 g/mol. The molecule has 154 valence electrons. The van der Waals surface area contributed by atoms with Gasteiger partial charge in [0.25, 0.3) is 0 Å². The first-order chi connectivity index (χ1) is 13.8. The average Bonchev–Trinajstić information content (AvgIpc) is 3.25. The normalized spacial score (nSPS) is 29.1. The third kappa shape index (κ3) is 4.73. The molecule has 3 heteroatoms. The first-order valence-electron chi connectivity index (χ1n) is 12.0. The molecule has 0 aliphatic heterocycles. The number of hydrogen-bond donors (Lipinski definition) is 0. The molecule has 0 radical (unpaired) electrons. The SMILES string of the molecule is CC(C1CCCC1[P+](=O)c1ccccc1)P(C1CCCCC1)C1CCCCC1. The van der Waals surface area contributed by atoms with Crippen molar-refractivity contribution in [2.24, 2.45) is 5.92 Å². The maximum atomic E-state index is 13.5. The van der Waals surface area contributed by atoms with E-state index in [1.54, 1.807) is 0 Å². The molecule has 1 aromatic carbocycles. The highest BCUT2D eigenvalue weighted by Crippen LogP contribution is 2.63. The summed E-state index contributed by atoms with van der Waals surface area (Å²) >= 11 is 0. The van der Waals surface area contributed by atoms with Crippen molar-refractivity contribution in [2.45, 2.75) is 113 Å². The largest absolute Gasteiger partial charge is 0.380 e. The topological polar surface area (TPSA) is 17.1 Å². The summed E-state index contributed by atoms with van der Waals surface area (Å²) in [6.07, 6.45) is 18.6. The minimum absolute atomic E-state index is 0.0820. The predicted octanol–water partition coefficient (Wildman–Crippen LogP) is 7.84. The van der Waals surface area contributed by atoms with Crippen molar-refractivity contribution in [3.05, 3.63) is 30.3 Å². The van der Waals surface area contributed by atoms with Gasteiger partial charge in [0.05, 0.1) is 0 Å². The second-order valence-corrected chi connectivity index (χ2v) is 14.6. The van der Waals surface area contributed by atoms with E-state index in [4.69, 9.17) is 0 Å². The molecule has 1 aromatic rings. The third-order valence-electron chi connectivity index (χ3n) is 7.93. The van der Waals surface area contributed by atoms with Crippen LogP contribution in [0.1, 0.15) is 90.4 Å². The maximum absolute atomic E-state index is 13.5. The molecule has 4 rings (SSSR count). The smallest absolute Gasteiger partial charge is 0.0970 e. The summed E-state index contributed by atoms with van der Waals surface area (Å²) < 4.78 is 13.5. The van der Waals surface area contributed by atoms with Crippen molar-refractivity contribution in [1.82, 2.24) is 0 Å². The molecule has 3 fully saturated rings. The monoisotopic (exact) mass is 417 g/mol. The zero-order chi connectivity index (χ0) is 19.3. The second-order valence-electron chi connectivity index (χ2n) is 9.59. The van der Waals surface area contributed by atoms with E-state index in [0.29, 0.717) is 11.6 Å². The molecule has 4 atom stereocenters. The number of benzene rings is 1. The summed E-state index contributed by atoms with van der Waals surface area (Å²) in [5, 5.41) is 1.10. The summed E-state index contributed by atoms with van der Waals surface area (Å²) in [7, 11) is -1.17. The van der Waals surface area contributed by atoms with Crippen LogP contribution < -0.4 is 5.30 Å². The van der Waals surface area contributed by atoms with Crippen molar-refractivity contribution >= 4 is 21.0 Å². The lowest BCUT2D eigenvalue weighted by molar-refractivity contribution is 0.464. The summed E-state index contributed by atoms with van der Waals surface area (Å²) in [6.45, 7) is 2.60. The van der Waals surface area contributed by atoms with Gasteiger partial charge in [0, 0.05) is 5.92 Å². The fourth-order valence-corrected chi connectivity index (χ4v) is 13.3. The van der Waals surface area contributed by atoms with Crippen LogP contribution in [0.25, 0.3) is 0 Å². The van der Waals surface area contributed by atoms with Gasteiger partial charge in [-0.15, -0.1) is 0 Å². The van der Waals surface area contributed by atoms with E-state index in [2.05, 4.69) is 31.2 Å². The molecule has 3 aliphatic rings. The van der Waals surface area contributed by atoms with E-state index in [1.807, 2.05) is 6.07 Å². The summed E-state index contributed by atoms with van der Waals surface area (Å²) in [5.74, 6) is 0.707. The van der Waals surface area contributed by atoms with E-state index >= 15 is 0 Å². The van der Waals surface area contributed by atoms with E-state index in [0.717, 1.165) is 22.3 Å². The van der Waals surface area contributed by atoms with Gasteiger partial charge >= 0.3 is 7.80 Å². The van der Waals surface area contributed by atoms with E-state index < -0.39 is 7.80 Å². The minimum Gasteiger partial charge on any atom is -0.0970 e. The molecular formula is C25H39OP2+. The highest BCUT2D eigenvalue weighted by atomic mass is 31.1. The molecule has 0 saturated heterocycles. The fourth-order valence-electron chi connectivity index (χ4n) is 6.53. The fraction of sp³-hybridized carbons (Fsp3) is 0.760. The lowest BCUT2D eigenvalue weighted by atomic mass is 9.99.